The highest BCUT2D eigenvalue weighted by atomic mass is 19.1. The minimum atomic E-state index is -0.377. The van der Waals surface area contributed by atoms with Crippen LogP contribution in [-0.2, 0) is 4.79 Å². The third kappa shape index (κ3) is 2.90. The van der Waals surface area contributed by atoms with Crippen LogP contribution in [0.4, 0.5) is 15.8 Å². The molecule has 1 amide bonds. The van der Waals surface area contributed by atoms with E-state index in [0.717, 1.165) is 11.3 Å². The summed E-state index contributed by atoms with van der Waals surface area (Å²) in [4.78, 5) is 12.6. The van der Waals surface area contributed by atoms with Crippen molar-refractivity contribution < 1.29 is 9.18 Å². The molecule has 4 rings (SSSR count). The van der Waals surface area contributed by atoms with Crippen molar-refractivity contribution in [3.63, 3.8) is 0 Å². The minimum Gasteiger partial charge on any atom is -0.354 e. The number of fused-ring (bicyclic) bond motifs is 1. The van der Waals surface area contributed by atoms with Crippen LogP contribution in [-0.4, -0.2) is 5.91 Å². The van der Waals surface area contributed by atoms with Gasteiger partial charge < -0.3 is 10.6 Å². The number of hydrogen-bond donors (Lipinski definition) is 2. The lowest BCUT2D eigenvalue weighted by molar-refractivity contribution is -0.110. The summed E-state index contributed by atoms with van der Waals surface area (Å²) in [5.74, 6) is -0.625. The number of carbonyl (C=O) groups excluding carboxylic acids is 1. The van der Waals surface area contributed by atoms with Gasteiger partial charge in [0.15, 0.2) is 0 Å². The van der Waals surface area contributed by atoms with E-state index in [4.69, 9.17) is 0 Å². The van der Waals surface area contributed by atoms with E-state index in [9.17, 15) is 9.18 Å². The smallest absolute Gasteiger partial charge is 0.258 e. The van der Waals surface area contributed by atoms with Crippen molar-refractivity contribution in [2.75, 3.05) is 10.6 Å². The first kappa shape index (κ1) is 15.1. The molecule has 3 nitrogen and oxygen atoms in total. The second-order valence-electron chi connectivity index (χ2n) is 5.75. The highest BCUT2D eigenvalue weighted by molar-refractivity contribution is 6.37. The molecule has 2 N–H and O–H groups in total. The average Bonchev–Trinajstić information content (AvgIpc) is 2.96. The van der Waals surface area contributed by atoms with Gasteiger partial charge in [-0.2, -0.15) is 0 Å². The van der Waals surface area contributed by atoms with Crippen LogP contribution in [0, 0.1) is 5.82 Å². The van der Waals surface area contributed by atoms with E-state index in [1.54, 1.807) is 6.07 Å². The molecule has 0 spiro atoms. The van der Waals surface area contributed by atoms with Crippen LogP contribution < -0.4 is 10.6 Å². The molecule has 0 saturated heterocycles. The second kappa shape index (κ2) is 6.24. The molecule has 1 aliphatic heterocycles. The monoisotopic (exact) mass is 330 g/mol. The van der Waals surface area contributed by atoms with Crippen molar-refractivity contribution in [2.24, 2.45) is 0 Å². The van der Waals surface area contributed by atoms with E-state index >= 15 is 0 Å². The Morgan fingerprint density at radius 2 is 1.56 bits per heavy atom. The zero-order chi connectivity index (χ0) is 17.2. The number of halogens is 1. The molecule has 122 valence electrons. The highest BCUT2D eigenvalue weighted by Crippen LogP contribution is 2.37. The average molecular weight is 330 g/mol. The Bertz CT molecular complexity index is 966. The molecule has 3 aromatic carbocycles. The van der Waals surface area contributed by atoms with E-state index in [0.29, 0.717) is 22.5 Å². The zero-order valence-electron chi connectivity index (χ0n) is 13.3. The normalized spacial score (nSPS) is 14.7. The Morgan fingerprint density at radius 3 is 2.28 bits per heavy atom. The van der Waals surface area contributed by atoms with Gasteiger partial charge in [-0.15, -0.1) is 0 Å². The molecule has 0 aliphatic carbocycles. The summed E-state index contributed by atoms with van der Waals surface area (Å²) in [6.45, 7) is 0. The fourth-order valence-electron chi connectivity index (χ4n) is 2.94. The molecule has 0 atom stereocenters. The largest absolute Gasteiger partial charge is 0.354 e. The second-order valence-corrected chi connectivity index (χ2v) is 5.75. The van der Waals surface area contributed by atoms with Crippen molar-refractivity contribution in [1.29, 1.82) is 0 Å². The maximum Gasteiger partial charge on any atom is 0.258 e. The Morgan fingerprint density at radius 1 is 0.880 bits per heavy atom. The van der Waals surface area contributed by atoms with Gasteiger partial charge in [0.25, 0.3) is 5.91 Å². The molecular formula is C21H15FN2O. The SMILES string of the molecule is O=C1Nc2cc(F)ccc2C1=C(Nc1ccccc1)c1ccccc1. The van der Waals surface area contributed by atoms with Gasteiger partial charge in [0, 0.05) is 11.3 Å². The summed E-state index contributed by atoms with van der Waals surface area (Å²) in [6.07, 6.45) is 0. The predicted octanol–water partition coefficient (Wildman–Crippen LogP) is 4.76. The van der Waals surface area contributed by atoms with Crippen molar-refractivity contribution in [1.82, 2.24) is 0 Å². The summed E-state index contributed by atoms with van der Waals surface area (Å²) in [6, 6.07) is 23.6. The van der Waals surface area contributed by atoms with E-state index < -0.39 is 0 Å². The minimum absolute atomic E-state index is 0.247. The number of nitrogens with one attached hydrogen (secondary N) is 2. The maximum absolute atomic E-state index is 13.5. The summed E-state index contributed by atoms with van der Waals surface area (Å²) >= 11 is 0. The number of benzene rings is 3. The van der Waals surface area contributed by atoms with Crippen LogP contribution in [0.5, 0.6) is 0 Å². The standard InChI is InChI=1S/C21H15FN2O/c22-15-11-12-17-18(13-15)24-21(25)19(17)20(14-7-3-1-4-8-14)23-16-9-5-2-6-10-16/h1-13,23H,(H,24,25). The van der Waals surface area contributed by atoms with Gasteiger partial charge in [0.05, 0.1) is 17.0 Å². The predicted molar refractivity (Wildman–Crippen MR) is 98.4 cm³/mol. The lowest BCUT2D eigenvalue weighted by Gasteiger charge is -2.14. The quantitative estimate of drug-likeness (QED) is 0.680. The lowest BCUT2D eigenvalue weighted by atomic mass is 10.00. The van der Waals surface area contributed by atoms with E-state index in [1.165, 1.54) is 12.1 Å². The van der Waals surface area contributed by atoms with Crippen LogP contribution >= 0.6 is 0 Å². The van der Waals surface area contributed by atoms with Gasteiger partial charge in [-0.25, -0.2) is 4.39 Å². The molecule has 0 unspecified atom stereocenters. The molecule has 0 saturated carbocycles. The molecule has 1 heterocycles. The molecule has 0 fully saturated rings. The third-order valence-corrected chi connectivity index (χ3v) is 4.08. The van der Waals surface area contributed by atoms with Gasteiger partial charge in [0.1, 0.15) is 5.82 Å². The maximum atomic E-state index is 13.5. The first-order valence-electron chi connectivity index (χ1n) is 7.95. The lowest BCUT2D eigenvalue weighted by Crippen LogP contribution is -2.10. The molecule has 4 heteroatoms. The van der Waals surface area contributed by atoms with Crippen LogP contribution in [0.15, 0.2) is 78.9 Å². The number of rotatable bonds is 3. The Kier molecular flexibility index (Phi) is 3.78. The summed E-state index contributed by atoms with van der Waals surface area (Å²) < 4.78 is 13.5. The summed E-state index contributed by atoms with van der Waals surface area (Å²) in [5, 5.41) is 6.10. The first-order valence-corrected chi connectivity index (χ1v) is 7.95. The molecule has 0 bridgehead atoms. The molecule has 0 aromatic heterocycles. The van der Waals surface area contributed by atoms with E-state index in [2.05, 4.69) is 10.6 Å². The number of amides is 1. The van der Waals surface area contributed by atoms with Gasteiger partial charge in [-0.3, -0.25) is 4.79 Å². The van der Waals surface area contributed by atoms with Gasteiger partial charge >= 0.3 is 0 Å². The first-order chi connectivity index (χ1) is 12.2. The van der Waals surface area contributed by atoms with E-state index in [-0.39, 0.29) is 11.7 Å². The molecule has 3 aromatic rings. The van der Waals surface area contributed by atoms with Crippen LogP contribution in [0.1, 0.15) is 11.1 Å². The van der Waals surface area contributed by atoms with Crippen LogP contribution in [0.25, 0.3) is 11.3 Å². The van der Waals surface area contributed by atoms with Crippen molar-refractivity contribution in [3.05, 3.63) is 95.8 Å². The van der Waals surface area contributed by atoms with Gasteiger partial charge in [-0.1, -0.05) is 48.5 Å². The molecule has 25 heavy (non-hydrogen) atoms. The van der Waals surface area contributed by atoms with Crippen molar-refractivity contribution in [2.45, 2.75) is 0 Å². The van der Waals surface area contributed by atoms with Crippen molar-refractivity contribution >= 4 is 28.6 Å². The van der Waals surface area contributed by atoms with Crippen LogP contribution in [0.2, 0.25) is 0 Å². The number of para-hydroxylation sites is 1. The summed E-state index contributed by atoms with van der Waals surface area (Å²) in [5.41, 5.74) is 4.13. The zero-order valence-corrected chi connectivity index (χ0v) is 13.3. The highest BCUT2D eigenvalue weighted by Gasteiger charge is 2.28. The van der Waals surface area contributed by atoms with Crippen molar-refractivity contribution in [3.8, 4) is 0 Å². The number of hydrogen-bond acceptors (Lipinski definition) is 2. The Balaban J connectivity index is 1.91. The Hall–Kier alpha value is -3.40. The van der Waals surface area contributed by atoms with Gasteiger partial charge in [0.2, 0.25) is 0 Å². The summed E-state index contributed by atoms with van der Waals surface area (Å²) in [7, 11) is 0. The fourth-order valence-corrected chi connectivity index (χ4v) is 2.94. The molecule has 1 aliphatic rings. The Labute approximate surface area is 144 Å². The van der Waals surface area contributed by atoms with E-state index in [1.807, 2.05) is 60.7 Å². The molecule has 0 radical (unpaired) electrons. The fraction of sp³-hybridized carbons (Fsp3) is 0. The third-order valence-electron chi connectivity index (χ3n) is 4.08. The number of anilines is 2. The molecular weight excluding hydrogens is 315 g/mol. The van der Waals surface area contributed by atoms with Gasteiger partial charge in [-0.05, 0) is 35.9 Å². The van der Waals surface area contributed by atoms with Crippen LogP contribution in [0.3, 0.4) is 0 Å². The topological polar surface area (TPSA) is 41.1 Å². The number of carbonyl (C=O) groups is 1.